The van der Waals surface area contributed by atoms with Crippen molar-refractivity contribution >= 4 is 27.3 Å². The summed E-state index contributed by atoms with van der Waals surface area (Å²) in [5.41, 5.74) is 4.02. The molecule has 32 heavy (non-hydrogen) atoms. The highest BCUT2D eigenvalue weighted by Crippen LogP contribution is 2.31. The van der Waals surface area contributed by atoms with Gasteiger partial charge >= 0.3 is 0 Å². The Labute approximate surface area is 188 Å². The molecule has 3 rings (SSSR count). The van der Waals surface area contributed by atoms with Gasteiger partial charge in [-0.2, -0.15) is 0 Å². The summed E-state index contributed by atoms with van der Waals surface area (Å²) in [7, 11) is -3.90. The van der Waals surface area contributed by atoms with Crippen molar-refractivity contribution in [3.63, 3.8) is 0 Å². The van der Waals surface area contributed by atoms with Gasteiger partial charge < -0.3 is 5.32 Å². The van der Waals surface area contributed by atoms with Gasteiger partial charge in [0.25, 0.3) is 5.69 Å². The number of benzene rings is 2. The number of fused-ring (bicyclic) bond motifs is 1. The molecular weight excluding hydrogens is 430 g/mol. The van der Waals surface area contributed by atoms with Gasteiger partial charge in [0.2, 0.25) is 15.9 Å². The van der Waals surface area contributed by atoms with Crippen LogP contribution in [0.1, 0.15) is 55.0 Å². The van der Waals surface area contributed by atoms with E-state index in [1.165, 1.54) is 29.3 Å². The summed E-state index contributed by atoms with van der Waals surface area (Å²) >= 11 is 0. The zero-order chi connectivity index (χ0) is 23.6. The maximum absolute atomic E-state index is 13.2. The molecule has 0 aromatic heterocycles. The summed E-state index contributed by atoms with van der Waals surface area (Å²) < 4.78 is 26.5. The first-order chi connectivity index (χ1) is 15.0. The number of nitro benzene ring substituents is 1. The second kappa shape index (κ2) is 9.28. The zero-order valence-corrected chi connectivity index (χ0v) is 19.6. The quantitative estimate of drug-likeness (QED) is 0.477. The Bertz CT molecular complexity index is 1150. The van der Waals surface area contributed by atoms with E-state index >= 15 is 0 Å². The van der Waals surface area contributed by atoms with Gasteiger partial charge in [0, 0.05) is 12.1 Å². The first-order valence-corrected chi connectivity index (χ1v) is 12.5. The first kappa shape index (κ1) is 23.7. The highest BCUT2D eigenvalue weighted by atomic mass is 32.2. The zero-order valence-electron chi connectivity index (χ0n) is 18.8. The Balaban J connectivity index is 1.92. The summed E-state index contributed by atoms with van der Waals surface area (Å²) in [5, 5.41) is 14.2. The Morgan fingerprint density at radius 2 is 1.88 bits per heavy atom. The van der Waals surface area contributed by atoms with Crippen LogP contribution in [0.15, 0.2) is 36.4 Å². The molecular formula is C23H29N3O5S. The van der Waals surface area contributed by atoms with E-state index in [-0.39, 0.29) is 23.8 Å². The second-order valence-electron chi connectivity index (χ2n) is 8.32. The monoisotopic (exact) mass is 459 g/mol. The lowest BCUT2D eigenvalue weighted by Gasteiger charge is -2.32. The number of hydrogen-bond acceptors (Lipinski definition) is 5. The molecule has 0 spiro atoms. The predicted octanol–water partition coefficient (Wildman–Crippen LogP) is 3.81. The summed E-state index contributed by atoms with van der Waals surface area (Å²) in [4.78, 5) is 23.9. The molecule has 9 heteroatoms. The van der Waals surface area contributed by atoms with Crippen LogP contribution in [-0.2, 0) is 27.7 Å². The minimum Gasteiger partial charge on any atom is -0.348 e. The van der Waals surface area contributed by atoms with Crippen molar-refractivity contribution in [2.24, 2.45) is 0 Å². The lowest BCUT2D eigenvalue weighted by molar-refractivity contribution is -0.384. The third-order valence-electron chi connectivity index (χ3n) is 5.95. The van der Waals surface area contributed by atoms with Crippen molar-refractivity contribution in [3.8, 4) is 0 Å². The van der Waals surface area contributed by atoms with Gasteiger partial charge in [0.05, 0.1) is 22.9 Å². The van der Waals surface area contributed by atoms with Crippen LogP contribution in [-0.4, -0.2) is 31.5 Å². The number of nitro groups is 1. The molecule has 172 valence electrons. The number of carbonyl (C=O) groups excluding carboxylic acids is 1. The highest BCUT2D eigenvalue weighted by Gasteiger charge is 2.34. The average Bonchev–Trinajstić information content (AvgIpc) is 3.19. The Morgan fingerprint density at radius 1 is 1.19 bits per heavy atom. The number of anilines is 1. The van der Waals surface area contributed by atoms with Gasteiger partial charge in [-0.15, -0.1) is 0 Å². The van der Waals surface area contributed by atoms with Crippen molar-refractivity contribution in [3.05, 3.63) is 68.8 Å². The number of sulfonamides is 1. The van der Waals surface area contributed by atoms with Crippen molar-refractivity contribution in [2.45, 2.75) is 58.5 Å². The van der Waals surface area contributed by atoms with Crippen LogP contribution in [0.3, 0.4) is 0 Å². The molecule has 1 aliphatic rings. The van der Waals surface area contributed by atoms with Gasteiger partial charge in [-0.05, 0) is 61.8 Å². The molecule has 0 saturated heterocycles. The SMILES string of the molecule is CC[C@@H](C(=O)N[C@H](C)c1ccc2c(c1)CCC2)N(c1cc([N+](=O)[O-])ccc1C)S(C)(=O)=O. The number of amides is 1. The molecule has 0 bridgehead atoms. The van der Waals surface area contributed by atoms with Crippen molar-refractivity contribution in [1.82, 2.24) is 5.32 Å². The number of rotatable bonds is 8. The molecule has 0 heterocycles. The van der Waals surface area contributed by atoms with Crippen LogP contribution in [0.4, 0.5) is 11.4 Å². The third kappa shape index (κ3) is 4.93. The molecule has 0 radical (unpaired) electrons. The number of nitrogens with one attached hydrogen (secondary N) is 1. The second-order valence-corrected chi connectivity index (χ2v) is 10.2. The molecule has 0 unspecified atom stereocenters. The van der Waals surface area contributed by atoms with Crippen LogP contribution in [0.5, 0.6) is 0 Å². The van der Waals surface area contributed by atoms with Gasteiger partial charge in [0.1, 0.15) is 6.04 Å². The van der Waals surface area contributed by atoms with E-state index < -0.39 is 26.9 Å². The molecule has 0 fully saturated rings. The van der Waals surface area contributed by atoms with Crippen molar-refractivity contribution in [1.29, 1.82) is 0 Å². The predicted molar refractivity (Wildman–Crippen MR) is 124 cm³/mol. The van der Waals surface area contributed by atoms with Gasteiger partial charge in [-0.1, -0.05) is 31.2 Å². The normalized spacial score (nSPS) is 15.0. The minimum absolute atomic E-state index is 0.133. The summed E-state index contributed by atoms with van der Waals surface area (Å²) in [6, 6.07) is 8.85. The largest absolute Gasteiger partial charge is 0.348 e. The lowest BCUT2D eigenvalue weighted by atomic mass is 10.0. The molecule has 8 nitrogen and oxygen atoms in total. The molecule has 2 aromatic rings. The molecule has 1 amide bonds. The fraction of sp³-hybridized carbons (Fsp3) is 0.435. The van der Waals surface area contributed by atoms with Crippen molar-refractivity contribution in [2.75, 3.05) is 10.6 Å². The van der Waals surface area contributed by atoms with E-state index in [1.807, 2.05) is 13.0 Å². The standard InChI is InChI=1S/C23H29N3O5S/c1-5-21(23(27)24-16(3)18-11-10-17-7-6-8-19(17)13-18)25(32(4,30)31)22-14-20(26(28)29)12-9-15(22)2/h9-14,16,21H,5-8H2,1-4H3,(H,24,27)/t16-,21+/m1/s1. The number of aryl methyl sites for hydroxylation is 3. The fourth-order valence-electron chi connectivity index (χ4n) is 4.24. The van der Waals surface area contributed by atoms with Crippen LogP contribution >= 0.6 is 0 Å². The van der Waals surface area contributed by atoms with E-state index in [0.717, 1.165) is 35.4 Å². The topological polar surface area (TPSA) is 110 Å². The van der Waals surface area contributed by atoms with E-state index in [2.05, 4.69) is 17.4 Å². The van der Waals surface area contributed by atoms with E-state index in [4.69, 9.17) is 0 Å². The minimum atomic E-state index is -3.90. The Hall–Kier alpha value is -2.94. The van der Waals surface area contributed by atoms with E-state index in [1.54, 1.807) is 13.8 Å². The van der Waals surface area contributed by atoms with Crippen molar-refractivity contribution < 1.29 is 18.1 Å². The summed E-state index contributed by atoms with van der Waals surface area (Å²) in [6.45, 7) is 5.24. The maximum Gasteiger partial charge on any atom is 0.271 e. The Kier molecular flexibility index (Phi) is 6.88. The van der Waals surface area contributed by atoms with Gasteiger partial charge in [-0.25, -0.2) is 8.42 Å². The molecule has 2 aromatic carbocycles. The number of hydrogen-bond donors (Lipinski definition) is 1. The van der Waals surface area contributed by atoms with E-state index in [9.17, 15) is 23.3 Å². The summed E-state index contributed by atoms with van der Waals surface area (Å²) in [6.07, 6.45) is 4.43. The van der Waals surface area contributed by atoms with Gasteiger partial charge in [0.15, 0.2) is 0 Å². The van der Waals surface area contributed by atoms with Crippen LogP contribution < -0.4 is 9.62 Å². The Morgan fingerprint density at radius 3 is 2.50 bits per heavy atom. The third-order valence-corrected chi connectivity index (χ3v) is 7.12. The summed E-state index contributed by atoms with van der Waals surface area (Å²) in [5.74, 6) is -0.447. The first-order valence-electron chi connectivity index (χ1n) is 10.7. The molecule has 2 atom stereocenters. The number of non-ortho nitro benzene ring substituents is 1. The van der Waals surface area contributed by atoms with Gasteiger partial charge in [-0.3, -0.25) is 19.2 Å². The smallest absolute Gasteiger partial charge is 0.271 e. The number of nitrogens with zero attached hydrogens (tertiary/aromatic N) is 2. The molecule has 0 aliphatic heterocycles. The maximum atomic E-state index is 13.2. The molecule has 1 aliphatic carbocycles. The van der Waals surface area contributed by atoms with Crippen LogP contribution in [0.2, 0.25) is 0 Å². The fourth-order valence-corrected chi connectivity index (χ4v) is 5.50. The van der Waals surface area contributed by atoms with Crippen LogP contribution in [0.25, 0.3) is 0 Å². The average molecular weight is 460 g/mol. The molecule has 1 N–H and O–H groups in total. The lowest BCUT2D eigenvalue weighted by Crippen LogP contribution is -2.50. The number of carbonyl (C=O) groups is 1. The highest BCUT2D eigenvalue weighted by molar-refractivity contribution is 7.92. The molecule has 0 saturated carbocycles. The van der Waals surface area contributed by atoms with E-state index in [0.29, 0.717) is 5.56 Å². The van der Waals surface area contributed by atoms with Crippen LogP contribution in [0, 0.1) is 17.0 Å².